The molecule has 9 heteroatoms. The van der Waals surface area contributed by atoms with Gasteiger partial charge in [0.15, 0.2) is 0 Å². The first kappa shape index (κ1) is 26.6. The summed E-state index contributed by atoms with van der Waals surface area (Å²) in [6, 6.07) is 7.96. The summed E-state index contributed by atoms with van der Waals surface area (Å²) < 4.78 is 52.4. The van der Waals surface area contributed by atoms with E-state index in [0.717, 1.165) is 6.20 Å². The van der Waals surface area contributed by atoms with Gasteiger partial charge in [0, 0.05) is 50.0 Å². The Kier molecular flexibility index (Phi) is 10.4. The molecule has 0 saturated heterocycles. The molecular weight excluding hydrogens is 463 g/mol. The molecule has 151 valence electrons. The van der Waals surface area contributed by atoms with Gasteiger partial charge in [-0.25, -0.2) is 17.2 Å². The molecule has 2 aromatic rings. The number of benzene rings is 1. The Hall–Kier alpha value is -1.38. The van der Waals surface area contributed by atoms with Crippen LogP contribution in [0, 0.1) is 14.4 Å². The van der Waals surface area contributed by atoms with Gasteiger partial charge in [-0.2, -0.15) is 0 Å². The van der Waals surface area contributed by atoms with Crippen LogP contribution in [0.25, 0.3) is 10.7 Å². The second kappa shape index (κ2) is 11.0. The van der Waals surface area contributed by atoms with Gasteiger partial charge >= 0.3 is 0 Å². The number of pyridine rings is 1. The summed E-state index contributed by atoms with van der Waals surface area (Å²) in [7, 11) is -4.35. The molecule has 1 N–H and O–H groups in total. The Morgan fingerprint density at radius 2 is 1.75 bits per heavy atom. The molecule has 1 aliphatic heterocycles. The standard InChI is InChI=1S/C16H14F2N2O3S.C2H6.CH3.Y/c1-10-4-2-3-5-11(10)16-15(21)12-6-7-19-8-13(12)20(9-14(17)18)24(16,22)23;1-2;;/h2-8,14,21H,9H2,1H3;1-2H3;1H3;/q;;-1;. The van der Waals surface area contributed by atoms with E-state index in [0.29, 0.717) is 9.87 Å². The molecule has 0 saturated carbocycles. The minimum Gasteiger partial charge on any atom is -0.506 e. The van der Waals surface area contributed by atoms with Gasteiger partial charge in [0.05, 0.1) is 18.4 Å². The van der Waals surface area contributed by atoms with Crippen molar-refractivity contribution in [2.24, 2.45) is 0 Å². The number of anilines is 1. The number of aliphatic hydroxyl groups is 1. The molecule has 5 nitrogen and oxygen atoms in total. The van der Waals surface area contributed by atoms with E-state index in [-0.39, 0.29) is 61.9 Å². The average Bonchev–Trinajstić information content (AvgIpc) is 2.62. The van der Waals surface area contributed by atoms with Gasteiger partial charge in [-0.15, -0.1) is 0 Å². The maximum Gasteiger partial charge on any atom is 0.268 e. The van der Waals surface area contributed by atoms with Crippen molar-refractivity contribution in [2.75, 3.05) is 10.8 Å². The molecule has 3 rings (SSSR count). The molecule has 0 bridgehead atoms. The second-order valence-corrected chi connectivity index (χ2v) is 7.11. The number of alkyl halides is 2. The number of hydrogen-bond acceptors (Lipinski definition) is 4. The Labute approximate surface area is 190 Å². The van der Waals surface area contributed by atoms with E-state index in [1.165, 1.54) is 18.3 Å². The van der Waals surface area contributed by atoms with Crippen LogP contribution in [0.15, 0.2) is 42.7 Å². The number of aromatic nitrogens is 1. The van der Waals surface area contributed by atoms with E-state index < -0.39 is 28.8 Å². The maximum absolute atomic E-state index is 13.0. The van der Waals surface area contributed by atoms with Crippen molar-refractivity contribution < 1.29 is 55.0 Å². The number of fused-ring (bicyclic) bond motifs is 1. The molecule has 0 amide bonds. The molecule has 0 spiro atoms. The Bertz CT molecular complexity index is 934. The first-order valence-corrected chi connectivity index (χ1v) is 9.52. The summed E-state index contributed by atoms with van der Waals surface area (Å²) in [5.74, 6) is -0.466. The summed E-state index contributed by atoms with van der Waals surface area (Å²) in [6.07, 6.45) is -0.352. The van der Waals surface area contributed by atoms with Gasteiger partial charge in [0.1, 0.15) is 10.7 Å². The van der Waals surface area contributed by atoms with Crippen molar-refractivity contribution in [3.63, 3.8) is 0 Å². The average molecular weight is 486 g/mol. The van der Waals surface area contributed by atoms with Crippen LogP contribution >= 0.6 is 0 Å². The van der Waals surface area contributed by atoms with Crippen LogP contribution in [-0.4, -0.2) is 31.5 Å². The van der Waals surface area contributed by atoms with Crippen LogP contribution < -0.4 is 4.31 Å². The summed E-state index contributed by atoms with van der Waals surface area (Å²) in [6.45, 7) is 4.67. The van der Waals surface area contributed by atoms with Gasteiger partial charge in [-0.3, -0.25) is 9.29 Å². The zero-order valence-corrected chi connectivity index (χ0v) is 19.9. The number of aryl methyl sites for hydroxylation is 1. The van der Waals surface area contributed by atoms with Crippen molar-refractivity contribution in [1.82, 2.24) is 4.98 Å². The summed E-state index contributed by atoms with van der Waals surface area (Å²) >= 11 is 0. The minimum atomic E-state index is -4.35. The molecule has 0 unspecified atom stereocenters. The van der Waals surface area contributed by atoms with E-state index in [9.17, 15) is 22.3 Å². The third-order valence-corrected chi connectivity index (χ3v) is 5.64. The molecule has 0 fully saturated rings. The number of hydrogen-bond donors (Lipinski definition) is 1. The molecule has 1 aliphatic rings. The first-order chi connectivity index (χ1) is 12.3. The largest absolute Gasteiger partial charge is 0.506 e. The van der Waals surface area contributed by atoms with Crippen molar-refractivity contribution in [3.05, 3.63) is 66.8 Å². The molecular formula is C19H23F2N2O3SY-. The smallest absolute Gasteiger partial charge is 0.268 e. The minimum absolute atomic E-state index is 0. The van der Waals surface area contributed by atoms with Crippen LogP contribution in [0.4, 0.5) is 14.5 Å². The molecule has 28 heavy (non-hydrogen) atoms. The van der Waals surface area contributed by atoms with Crippen molar-refractivity contribution >= 4 is 26.4 Å². The zero-order chi connectivity index (χ0) is 19.5. The fourth-order valence-corrected chi connectivity index (χ4v) is 4.48. The third kappa shape index (κ3) is 4.96. The van der Waals surface area contributed by atoms with Crippen LogP contribution in [0.3, 0.4) is 0 Å². The number of nitrogens with zero attached hydrogens (tertiary/aromatic N) is 2. The molecule has 1 aromatic heterocycles. The molecule has 2 heterocycles. The zero-order valence-electron chi connectivity index (χ0n) is 16.2. The fraction of sp³-hybridized carbons (Fsp3) is 0.263. The fourth-order valence-electron chi connectivity index (χ4n) is 2.69. The predicted molar refractivity (Wildman–Crippen MR) is 105 cm³/mol. The van der Waals surface area contributed by atoms with Crippen LogP contribution in [0.2, 0.25) is 0 Å². The molecule has 1 radical (unpaired) electrons. The molecule has 1 aromatic carbocycles. The normalized spacial score (nSPS) is 14.3. The Morgan fingerprint density at radius 1 is 1.14 bits per heavy atom. The Morgan fingerprint density at radius 3 is 2.32 bits per heavy atom. The summed E-state index contributed by atoms with van der Waals surface area (Å²) in [4.78, 5) is 3.41. The summed E-state index contributed by atoms with van der Waals surface area (Å²) in [5.41, 5.74) is 0.972. The van der Waals surface area contributed by atoms with Crippen molar-refractivity contribution in [2.45, 2.75) is 27.2 Å². The molecule has 0 atom stereocenters. The summed E-state index contributed by atoms with van der Waals surface area (Å²) in [5, 5.41) is 10.5. The van der Waals surface area contributed by atoms with E-state index >= 15 is 0 Å². The van der Waals surface area contributed by atoms with E-state index in [4.69, 9.17) is 0 Å². The van der Waals surface area contributed by atoms with Gasteiger partial charge in [-0.05, 0) is 18.6 Å². The number of rotatable bonds is 3. The van der Waals surface area contributed by atoms with E-state index in [1.807, 2.05) is 13.8 Å². The van der Waals surface area contributed by atoms with E-state index in [1.54, 1.807) is 25.1 Å². The molecule has 0 aliphatic carbocycles. The topological polar surface area (TPSA) is 70.5 Å². The SMILES string of the molecule is CC.Cc1ccccc1C1=C(O)c2ccncc2N(CC(F)F)S1(=O)=O.[CH3-].[Y]. The van der Waals surface area contributed by atoms with Gasteiger partial charge in [0.2, 0.25) is 0 Å². The van der Waals surface area contributed by atoms with Crippen molar-refractivity contribution in [1.29, 1.82) is 0 Å². The number of sulfonamides is 1. The maximum atomic E-state index is 13.0. The van der Waals surface area contributed by atoms with Gasteiger partial charge in [0.25, 0.3) is 16.4 Å². The van der Waals surface area contributed by atoms with Gasteiger partial charge in [-0.1, -0.05) is 38.1 Å². The van der Waals surface area contributed by atoms with Crippen molar-refractivity contribution in [3.8, 4) is 0 Å². The third-order valence-electron chi connectivity index (χ3n) is 3.78. The second-order valence-electron chi connectivity index (χ2n) is 5.31. The first-order valence-electron chi connectivity index (χ1n) is 8.08. The quantitative estimate of drug-likeness (QED) is 0.641. The van der Waals surface area contributed by atoms with Crippen LogP contribution in [0.1, 0.15) is 30.5 Å². The number of aliphatic hydroxyl groups excluding tert-OH is 1. The van der Waals surface area contributed by atoms with Crippen LogP contribution in [-0.2, 0) is 42.7 Å². The van der Waals surface area contributed by atoms with Crippen LogP contribution in [0.5, 0.6) is 0 Å². The Balaban J connectivity index is 0.00000177. The van der Waals surface area contributed by atoms with E-state index in [2.05, 4.69) is 4.98 Å². The number of halogens is 2. The predicted octanol–water partition coefficient (Wildman–Crippen LogP) is 4.66. The van der Waals surface area contributed by atoms with Gasteiger partial charge < -0.3 is 12.5 Å². The monoisotopic (exact) mass is 486 g/mol.